The first-order valence-corrected chi connectivity index (χ1v) is 8.53. The van der Waals surface area contributed by atoms with Gasteiger partial charge in [-0.3, -0.25) is 14.2 Å². The zero-order chi connectivity index (χ0) is 18.0. The Morgan fingerprint density at radius 2 is 2.20 bits per heavy atom. The third kappa shape index (κ3) is 3.40. The average Bonchev–Trinajstić information content (AvgIpc) is 3.07. The van der Waals surface area contributed by atoms with E-state index in [0.29, 0.717) is 24.0 Å². The quantitative estimate of drug-likeness (QED) is 0.829. The number of carbonyl (C=O) groups is 2. The first kappa shape index (κ1) is 17.1. The lowest BCUT2D eigenvalue weighted by molar-refractivity contribution is -0.129. The number of nitrogens with zero attached hydrogens (tertiary/aromatic N) is 2. The largest absolute Gasteiger partial charge is 0.449 e. The van der Waals surface area contributed by atoms with Crippen LogP contribution in [-0.4, -0.2) is 34.1 Å². The van der Waals surface area contributed by atoms with Crippen LogP contribution in [0, 0.1) is 0 Å². The van der Waals surface area contributed by atoms with Crippen LogP contribution in [0.1, 0.15) is 42.9 Å². The van der Waals surface area contributed by atoms with E-state index >= 15 is 0 Å². The SMILES string of the molecule is CCCNC(=O)[C@@H](C)OC(=O)c1ccc2c(=O)n3c(nc2c1)CCC3. The summed E-state index contributed by atoms with van der Waals surface area (Å²) in [6.07, 6.45) is 1.59. The van der Waals surface area contributed by atoms with E-state index in [0.717, 1.165) is 25.1 Å². The number of hydrogen-bond acceptors (Lipinski definition) is 5. The van der Waals surface area contributed by atoms with Crippen LogP contribution in [0.3, 0.4) is 0 Å². The highest BCUT2D eigenvalue weighted by Gasteiger charge is 2.20. The minimum atomic E-state index is -0.881. The molecular weight excluding hydrogens is 322 g/mol. The van der Waals surface area contributed by atoms with Crippen molar-refractivity contribution in [2.24, 2.45) is 0 Å². The van der Waals surface area contributed by atoms with E-state index in [1.54, 1.807) is 16.7 Å². The number of fused-ring (bicyclic) bond motifs is 2. The van der Waals surface area contributed by atoms with E-state index in [1.165, 1.54) is 13.0 Å². The Morgan fingerprint density at radius 1 is 1.40 bits per heavy atom. The Morgan fingerprint density at radius 3 is 2.96 bits per heavy atom. The maximum absolute atomic E-state index is 12.4. The maximum Gasteiger partial charge on any atom is 0.338 e. The molecule has 0 spiro atoms. The molecule has 7 heteroatoms. The second-order valence-electron chi connectivity index (χ2n) is 6.16. The van der Waals surface area contributed by atoms with Crippen LogP contribution in [0.2, 0.25) is 0 Å². The molecule has 2 aromatic rings. The van der Waals surface area contributed by atoms with Gasteiger partial charge in [0.1, 0.15) is 5.82 Å². The van der Waals surface area contributed by atoms with Gasteiger partial charge in [0, 0.05) is 19.5 Å². The molecule has 0 fully saturated rings. The molecule has 0 aliphatic carbocycles. The lowest BCUT2D eigenvalue weighted by Crippen LogP contribution is -2.36. The molecule has 132 valence electrons. The standard InChI is InChI=1S/C18H21N3O4/c1-3-8-19-16(22)11(2)25-18(24)12-6-7-13-14(10-12)20-15-5-4-9-21(15)17(13)23/h6-7,10-11H,3-5,8-9H2,1-2H3,(H,19,22)/t11-/m1/s1. The summed E-state index contributed by atoms with van der Waals surface area (Å²) in [5, 5.41) is 3.16. The summed E-state index contributed by atoms with van der Waals surface area (Å²) in [5.74, 6) is -0.191. The van der Waals surface area contributed by atoms with Crippen molar-refractivity contribution >= 4 is 22.8 Å². The molecule has 1 aromatic carbocycles. The Balaban J connectivity index is 1.82. The Bertz CT molecular complexity index is 888. The van der Waals surface area contributed by atoms with Crippen LogP contribution < -0.4 is 10.9 Å². The second-order valence-corrected chi connectivity index (χ2v) is 6.16. The molecule has 0 saturated heterocycles. The van der Waals surface area contributed by atoms with Gasteiger partial charge in [-0.25, -0.2) is 9.78 Å². The highest BCUT2D eigenvalue weighted by atomic mass is 16.5. The minimum Gasteiger partial charge on any atom is -0.449 e. The molecule has 0 unspecified atom stereocenters. The summed E-state index contributed by atoms with van der Waals surface area (Å²) in [6.45, 7) is 4.70. The van der Waals surface area contributed by atoms with E-state index in [1.807, 2.05) is 6.92 Å². The van der Waals surface area contributed by atoms with Crippen LogP contribution >= 0.6 is 0 Å². The van der Waals surface area contributed by atoms with Crippen LogP contribution in [0.4, 0.5) is 0 Å². The van der Waals surface area contributed by atoms with Crippen molar-refractivity contribution in [2.75, 3.05) is 6.54 Å². The van der Waals surface area contributed by atoms with Gasteiger partial charge in [0.25, 0.3) is 11.5 Å². The predicted molar refractivity (Wildman–Crippen MR) is 92.5 cm³/mol. The molecule has 1 N–H and O–H groups in total. The highest BCUT2D eigenvalue weighted by Crippen LogP contribution is 2.17. The summed E-state index contributed by atoms with van der Waals surface area (Å²) < 4.78 is 6.89. The van der Waals surface area contributed by atoms with E-state index in [4.69, 9.17) is 4.74 Å². The Labute approximate surface area is 145 Å². The van der Waals surface area contributed by atoms with Crippen molar-refractivity contribution in [1.29, 1.82) is 0 Å². The number of aromatic nitrogens is 2. The lowest BCUT2D eigenvalue weighted by Gasteiger charge is -2.13. The number of hydrogen-bond donors (Lipinski definition) is 1. The lowest BCUT2D eigenvalue weighted by atomic mass is 10.1. The molecule has 1 amide bonds. The molecule has 2 heterocycles. The topological polar surface area (TPSA) is 90.3 Å². The first-order valence-electron chi connectivity index (χ1n) is 8.53. The van der Waals surface area contributed by atoms with Crippen LogP contribution in [-0.2, 0) is 22.5 Å². The summed E-state index contributed by atoms with van der Waals surface area (Å²) in [6, 6.07) is 4.68. The summed E-state index contributed by atoms with van der Waals surface area (Å²) >= 11 is 0. The van der Waals surface area contributed by atoms with Gasteiger partial charge in [-0.15, -0.1) is 0 Å². The Kier molecular flexibility index (Phi) is 4.83. The van der Waals surface area contributed by atoms with Crippen LogP contribution in [0.5, 0.6) is 0 Å². The van der Waals surface area contributed by atoms with Crippen molar-refractivity contribution in [3.05, 3.63) is 39.9 Å². The molecule has 1 aliphatic heterocycles. The van der Waals surface area contributed by atoms with Crippen molar-refractivity contribution in [1.82, 2.24) is 14.9 Å². The second kappa shape index (κ2) is 7.04. The number of aryl methyl sites for hydroxylation is 1. The van der Waals surface area contributed by atoms with Crippen molar-refractivity contribution < 1.29 is 14.3 Å². The fourth-order valence-corrected chi connectivity index (χ4v) is 2.88. The summed E-state index contributed by atoms with van der Waals surface area (Å²) in [4.78, 5) is 41.0. The smallest absolute Gasteiger partial charge is 0.338 e. The van der Waals surface area contributed by atoms with Gasteiger partial charge in [-0.1, -0.05) is 6.92 Å². The van der Waals surface area contributed by atoms with Crippen molar-refractivity contribution in [3.8, 4) is 0 Å². The summed E-state index contributed by atoms with van der Waals surface area (Å²) in [7, 11) is 0. The van der Waals surface area contributed by atoms with Gasteiger partial charge in [-0.2, -0.15) is 0 Å². The van der Waals surface area contributed by atoms with E-state index in [-0.39, 0.29) is 17.0 Å². The third-order valence-corrected chi connectivity index (χ3v) is 4.25. The van der Waals surface area contributed by atoms with Gasteiger partial charge < -0.3 is 10.1 Å². The van der Waals surface area contributed by atoms with Crippen LogP contribution in [0.25, 0.3) is 10.9 Å². The molecule has 0 radical (unpaired) electrons. The van der Waals surface area contributed by atoms with Gasteiger partial charge >= 0.3 is 5.97 Å². The fraction of sp³-hybridized carbons (Fsp3) is 0.444. The van der Waals surface area contributed by atoms with Crippen molar-refractivity contribution in [3.63, 3.8) is 0 Å². The minimum absolute atomic E-state index is 0.0790. The van der Waals surface area contributed by atoms with Gasteiger partial charge in [0.15, 0.2) is 6.10 Å². The molecule has 0 saturated carbocycles. The molecule has 25 heavy (non-hydrogen) atoms. The number of esters is 1. The highest BCUT2D eigenvalue weighted by molar-refractivity contribution is 5.95. The zero-order valence-electron chi connectivity index (χ0n) is 14.4. The normalized spacial score (nSPS) is 14.2. The summed E-state index contributed by atoms with van der Waals surface area (Å²) in [5.41, 5.74) is 0.679. The zero-order valence-corrected chi connectivity index (χ0v) is 14.4. The number of ether oxygens (including phenoxy) is 1. The third-order valence-electron chi connectivity index (χ3n) is 4.25. The Hall–Kier alpha value is -2.70. The fourth-order valence-electron chi connectivity index (χ4n) is 2.88. The van der Waals surface area contributed by atoms with Crippen LogP contribution in [0.15, 0.2) is 23.0 Å². The number of rotatable bonds is 5. The van der Waals surface area contributed by atoms with E-state index in [9.17, 15) is 14.4 Å². The predicted octanol–water partition coefficient (Wildman–Crippen LogP) is 1.41. The molecular formula is C18H21N3O4. The van der Waals surface area contributed by atoms with Gasteiger partial charge in [0.2, 0.25) is 0 Å². The van der Waals surface area contributed by atoms with Crippen molar-refractivity contribution in [2.45, 2.75) is 45.8 Å². The molecule has 1 atom stereocenters. The van der Waals surface area contributed by atoms with E-state index in [2.05, 4.69) is 10.3 Å². The van der Waals surface area contributed by atoms with E-state index < -0.39 is 12.1 Å². The number of nitrogens with one attached hydrogen (secondary N) is 1. The van der Waals surface area contributed by atoms with Gasteiger partial charge in [0.05, 0.1) is 16.5 Å². The molecule has 1 aliphatic rings. The first-order chi connectivity index (χ1) is 12.0. The maximum atomic E-state index is 12.4. The average molecular weight is 343 g/mol. The molecule has 0 bridgehead atoms. The number of carbonyl (C=O) groups excluding carboxylic acids is 2. The molecule has 7 nitrogen and oxygen atoms in total. The monoisotopic (exact) mass is 343 g/mol. The molecule has 1 aromatic heterocycles. The number of amides is 1. The number of benzene rings is 1. The van der Waals surface area contributed by atoms with Gasteiger partial charge in [-0.05, 0) is 38.0 Å². The molecule has 3 rings (SSSR count).